The van der Waals surface area contributed by atoms with E-state index in [0.717, 1.165) is 0 Å². The molecule has 0 amide bonds. The second-order valence-electron chi connectivity index (χ2n) is 3.48. The predicted molar refractivity (Wildman–Crippen MR) is 74.4 cm³/mol. The van der Waals surface area contributed by atoms with Gasteiger partial charge in [-0.25, -0.2) is 0 Å². The summed E-state index contributed by atoms with van der Waals surface area (Å²) < 4.78 is -0.470. The number of rotatable bonds is 9. The molecule has 4 radical (unpaired) electrons. The number of hydrogen-bond donors (Lipinski definition) is 0. The van der Waals surface area contributed by atoms with E-state index in [9.17, 15) is 9.59 Å². The van der Waals surface area contributed by atoms with Crippen LogP contribution in [0.2, 0.25) is 0 Å². The van der Waals surface area contributed by atoms with Crippen LogP contribution in [0, 0.1) is 0 Å². The quantitative estimate of drug-likeness (QED) is 0.463. The molecule has 0 aliphatic carbocycles. The first-order valence-corrected chi connectivity index (χ1v) is 7.16. The number of Topliss-reactive ketones (excluding diaryl/α,β-unsaturated/α-hetero) is 2. The minimum absolute atomic E-state index is 0.0609. The maximum atomic E-state index is 11.5. The van der Waals surface area contributed by atoms with Crippen LogP contribution in [0.4, 0.5) is 0 Å². The van der Waals surface area contributed by atoms with E-state index in [1.165, 1.54) is 30.4 Å². The fourth-order valence-electron chi connectivity index (χ4n) is 1.42. The molecular weight excluding hydrogens is 238 g/mol. The van der Waals surface area contributed by atoms with Gasteiger partial charge in [0.1, 0.15) is 11.6 Å². The van der Waals surface area contributed by atoms with Crippen molar-refractivity contribution in [1.29, 1.82) is 0 Å². The molecule has 0 saturated carbocycles. The average molecular weight is 254 g/mol. The van der Waals surface area contributed by atoms with Crippen LogP contribution < -0.4 is 0 Å². The van der Waals surface area contributed by atoms with Gasteiger partial charge in [-0.15, -0.1) is 0 Å². The lowest BCUT2D eigenvalue weighted by Gasteiger charge is -2.31. The molecule has 0 aromatic rings. The Kier molecular flexibility index (Phi) is 8.38. The minimum atomic E-state index is -0.470. The van der Waals surface area contributed by atoms with Gasteiger partial charge < -0.3 is 0 Å². The Balaban J connectivity index is 4.75. The first kappa shape index (κ1) is 16.2. The molecule has 0 rings (SSSR count). The van der Waals surface area contributed by atoms with Crippen LogP contribution in [0.15, 0.2) is 0 Å². The van der Waals surface area contributed by atoms with Crippen molar-refractivity contribution in [3.63, 3.8) is 0 Å². The second kappa shape index (κ2) is 8.29. The van der Waals surface area contributed by atoms with Crippen LogP contribution in [0.1, 0.15) is 33.1 Å². The van der Waals surface area contributed by atoms with E-state index in [-0.39, 0.29) is 11.6 Å². The highest BCUT2D eigenvalue weighted by Gasteiger charge is 2.33. The van der Waals surface area contributed by atoms with Crippen molar-refractivity contribution in [2.45, 2.75) is 37.2 Å². The molecule has 0 heterocycles. The SMILES string of the molecule is [B]CSC(CC(C)=O)(CC(=O)CC)SC[B]. The highest BCUT2D eigenvalue weighted by molar-refractivity contribution is 8.19. The van der Waals surface area contributed by atoms with Gasteiger partial charge in [0.2, 0.25) is 0 Å². The Morgan fingerprint density at radius 1 is 1.12 bits per heavy atom. The van der Waals surface area contributed by atoms with Crippen LogP contribution in [-0.2, 0) is 9.59 Å². The zero-order chi connectivity index (χ0) is 12.6. The van der Waals surface area contributed by atoms with Crippen LogP contribution in [0.25, 0.3) is 0 Å². The lowest BCUT2D eigenvalue weighted by molar-refractivity contribution is -0.119. The maximum absolute atomic E-state index is 11.5. The van der Waals surface area contributed by atoms with Gasteiger partial charge in [-0.3, -0.25) is 9.59 Å². The number of hydrogen-bond acceptors (Lipinski definition) is 4. The number of carbonyl (C=O) groups excluding carboxylic acids is 2. The Labute approximate surface area is 109 Å². The van der Waals surface area contributed by atoms with Crippen LogP contribution in [0.5, 0.6) is 0 Å². The monoisotopic (exact) mass is 254 g/mol. The highest BCUT2D eigenvalue weighted by Crippen LogP contribution is 2.43. The summed E-state index contributed by atoms with van der Waals surface area (Å²) in [7, 11) is 11.0. The summed E-state index contributed by atoms with van der Waals surface area (Å²) in [6.45, 7) is 3.35. The molecular formula is C10H16B2O2S2. The predicted octanol–water partition coefficient (Wildman–Crippen LogP) is 1.75. The molecule has 16 heavy (non-hydrogen) atoms. The Bertz CT molecular complexity index is 241. The van der Waals surface area contributed by atoms with Gasteiger partial charge in [-0.1, -0.05) is 6.92 Å². The van der Waals surface area contributed by atoms with Crippen molar-refractivity contribution in [2.24, 2.45) is 0 Å². The topological polar surface area (TPSA) is 34.1 Å². The zero-order valence-corrected chi connectivity index (χ0v) is 11.5. The first-order valence-electron chi connectivity index (χ1n) is 5.19. The molecule has 0 spiro atoms. The molecule has 0 N–H and O–H groups in total. The van der Waals surface area contributed by atoms with Crippen LogP contribution in [0.3, 0.4) is 0 Å². The lowest BCUT2D eigenvalue weighted by Crippen LogP contribution is -2.28. The van der Waals surface area contributed by atoms with Crippen LogP contribution in [-0.4, -0.2) is 42.6 Å². The lowest BCUT2D eigenvalue weighted by atomic mass is 10.1. The van der Waals surface area contributed by atoms with E-state index in [4.69, 9.17) is 15.7 Å². The summed E-state index contributed by atoms with van der Waals surface area (Å²) in [5.41, 5.74) is 0.772. The second-order valence-corrected chi connectivity index (χ2v) is 6.55. The van der Waals surface area contributed by atoms with Crippen molar-refractivity contribution < 1.29 is 9.59 Å². The average Bonchev–Trinajstić information content (AvgIpc) is 2.17. The molecule has 6 heteroatoms. The van der Waals surface area contributed by atoms with E-state index >= 15 is 0 Å². The van der Waals surface area contributed by atoms with Gasteiger partial charge in [0.05, 0.1) is 19.8 Å². The fourth-order valence-corrected chi connectivity index (χ4v) is 3.90. The van der Waals surface area contributed by atoms with Crippen LogP contribution >= 0.6 is 23.5 Å². The zero-order valence-electron chi connectivity index (χ0n) is 9.82. The molecule has 0 aromatic carbocycles. The molecule has 0 aliphatic heterocycles. The van der Waals surface area contributed by atoms with Crippen molar-refractivity contribution in [3.05, 3.63) is 0 Å². The molecule has 0 saturated heterocycles. The third-order valence-electron chi connectivity index (χ3n) is 2.07. The van der Waals surface area contributed by atoms with E-state index in [2.05, 4.69) is 0 Å². The Morgan fingerprint density at radius 3 is 1.94 bits per heavy atom. The molecule has 0 bridgehead atoms. The molecule has 0 aliphatic rings. The van der Waals surface area contributed by atoms with Gasteiger partial charge in [-0.2, -0.15) is 23.5 Å². The molecule has 86 valence electrons. The summed E-state index contributed by atoms with van der Waals surface area (Å²) >= 11 is 2.88. The van der Waals surface area contributed by atoms with Gasteiger partial charge in [0, 0.05) is 19.3 Å². The summed E-state index contributed by atoms with van der Waals surface area (Å²) in [6, 6.07) is 0. The third kappa shape index (κ3) is 6.04. The normalized spacial score (nSPS) is 11.4. The summed E-state index contributed by atoms with van der Waals surface area (Å²) in [4.78, 5) is 22.8. The first-order chi connectivity index (χ1) is 7.49. The summed E-state index contributed by atoms with van der Waals surface area (Å²) in [5, 5.41) is 0. The smallest absolute Gasteiger partial charge is 0.134 e. The highest BCUT2D eigenvalue weighted by atomic mass is 32.2. The molecule has 0 unspecified atom stereocenters. The van der Waals surface area contributed by atoms with Crippen molar-refractivity contribution >= 4 is 50.8 Å². The van der Waals surface area contributed by atoms with E-state index in [1.807, 2.05) is 6.92 Å². The van der Waals surface area contributed by atoms with E-state index in [0.29, 0.717) is 30.6 Å². The van der Waals surface area contributed by atoms with Gasteiger partial charge in [-0.05, 0) is 18.2 Å². The van der Waals surface area contributed by atoms with Gasteiger partial charge in [0.15, 0.2) is 0 Å². The number of carbonyl (C=O) groups is 2. The molecule has 0 atom stereocenters. The molecule has 2 nitrogen and oxygen atoms in total. The Morgan fingerprint density at radius 2 is 1.62 bits per heavy atom. The van der Waals surface area contributed by atoms with E-state index in [1.54, 1.807) is 0 Å². The largest absolute Gasteiger partial charge is 0.300 e. The molecule has 0 aromatic heterocycles. The number of thioether (sulfide) groups is 2. The summed E-state index contributed by atoms with van der Waals surface area (Å²) in [5.74, 6) is 0.203. The van der Waals surface area contributed by atoms with Gasteiger partial charge >= 0.3 is 0 Å². The molecule has 0 fully saturated rings. The standard InChI is InChI=1S/C10H16B2O2S2/c1-3-9(14)5-10(15-6-11,16-7-12)4-8(2)13/h3-7H2,1-2H3. The Hall–Kier alpha value is 0.170. The third-order valence-corrected chi connectivity index (χ3v) is 4.74. The van der Waals surface area contributed by atoms with Crippen molar-refractivity contribution in [3.8, 4) is 0 Å². The van der Waals surface area contributed by atoms with E-state index < -0.39 is 4.08 Å². The number of ketones is 2. The van der Waals surface area contributed by atoms with Crippen molar-refractivity contribution in [2.75, 3.05) is 11.3 Å². The fraction of sp³-hybridized carbons (Fsp3) is 0.800. The summed E-state index contributed by atoms with van der Waals surface area (Å²) in [6.07, 6.45) is 1.17. The van der Waals surface area contributed by atoms with Crippen molar-refractivity contribution in [1.82, 2.24) is 0 Å². The minimum Gasteiger partial charge on any atom is -0.300 e. The van der Waals surface area contributed by atoms with Gasteiger partial charge in [0.25, 0.3) is 0 Å². The maximum Gasteiger partial charge on any atom is 0.134 e.